The summed E-state index contributed by atoms with van der Waals surface area (Å²) in [5.41, 5.74) is 1.36. The minimum Gasteiger partial charge on any atom is -0.497 e. The molecule has 17 nitrogen and oxygen atoms in total. The minimum atomic E-state index is -2.76. The standard InChI is InChI=1S/C52H62N6O11Si/c1-33(59)20-29-43(62)68-45-41(30-66-52(35-16-12-10-13-17-35,36-21-25-38(63-6)26-22-36)37-23-27-39(64-7)28-24-37)67-49(46(45)69-70(8,9)51(3,4)5)58-32-53-44-47(54-34(2)60)56-50(57-48(44)58)55-42(61)31-65-40-18-14-11-15-19-40/h10-19,21-28,32,41,45-47,49H,20,29-31H2,1-9H3,(H,54,60)(H2,55,56,57,61)/t41-,45+,46?,47?,49-/m1/s1. The highest BCUT2D eigenvalue weighted by atomic mass is 28.4. The summed E-state index contributed by atoms with van der Waals surface area (Å²) in [6.45, 7) is 12.7. The van der Waals surface area contributed by atoms with Crippen LogP contribution in [0.2, 0.25) is 18.1 Å². The van der Waals surface area contributed by atoms with Gasteiger partial charge in [0.1, 0.15) is 52.7 Å². The summed E-state index contributed by atoms with van der Waals surface area (Å²) in [6.07, 6.45) is -3.80. The van der Waals surface area contributed by atoms with Gasteiger partial charge in [0.2, 0.25) is 11.9 Å². The molecule has 3 N–H and O–H groups in total. The molecule has 0 bridgehead atoms. The van der Waals surface area contributed by atoms with E-state index in [9.17, 15) is 19.2 Å². The van der Waals surface area contributed by atoms with Gasteiger partial charge >= 0.3 is 5.97 Å². The Balaban J connectivity index is 1.34. The molecule has 3 heterocycles. The zero-order valence-electron chi connectivity index (χ0n) is 41.0. The lowest BCUT2D eigenvalue weighted by Gasteiger charge is -2.40. The van der Waals surface area contributed by atoms with Crippen LogP contribution < -0.4 is 30.2 Å². The monoisotopic (exact) mass is 974 g/mol. The Morgan fingerprint density at radius 1 is 0.771 bits per heavy atom. The molecule has 18 heteroatoms. The molecule has 1 aromatic heterocycles. The number of hydrogen-bond acceptors (Lipinski definition) is 14. The van der Waals surface area contributed by atoms with Crippen LogP contribution in [0.3, 0.4) is 0 Å². The molecule has 0 saturated carbocycles. The third kappa shape index (κ3) is 11.6. The van der Waals surface area contributed by atoms with Gasteiger partial charge in [0.15, 0.2) is 33.1 Å². The molecule has 4 aromatic carbocycles. The second kappa shape index (κ2) is 21.8. The van der Waals surface area contributed by atoms with E-state index in [1.165, 1.54) is 20.2 Å². The number of amides is 2. The fourth-order valence-corrected chi connectivity index (χ4v) is 9.33. The molecule has 2 aliphatic heterocycles. The van der Waals surface area contributed by atoms with Crippen molar-refractivity contribution < 1.29 is 52.0 Å². The number of ketones is 1. The molecular formula is C52H62N6O11Si. The van der Waals surface area contributed by atoms with Crippen molar-refractivity contribution in [3.63, 3.8) is 0 Å². The first-order valence-electron chi connectivity index (χ1n) is 23.1. The number of imidazole rings is 1. The second-order valence-electron chi connectivity index (χ2n) is 18.6. The van der Waals surface area contributed by atoms with E-state index in [0.29, 0.717) is 22.9 Å². The number of Topliss-reactive ketones (excluding diaryl/α,β-unsaturated/α-hetero) is 1. The number of fused-ring (bicyclic) bond motifs is 1. The molecule has 5 atom stereocenters. The summed E-state index contributed by atoms with van der Waals surface area (Å²) in [7, 11) is 0.444. The fourth-order valence-electron chi connectivity index (χ4n) is 8.04. The van der Waals surface area contributed by atoms with E-state index in [4.69, 9.17) is 42.8 Å². The molecular weight excluding hydrogens is 913 g/mol. The van der Waals surface area contributed by atoms with Gasteiger partial charge in [-0.25, -0.2) is 4.98 Å². The Kier molecular flexibility index (Phi) is 15.9. The van der Waals surface area contributed by atoms with Crippen molar-refractivity contribution in [3.05, 3.63) is 138 Å². The minimum absolute atomic E-state index is 0.00763. The van der Waals surface area contributed by atoms with Crippen LogP contribution in [0, 0.1) is 0 Å². The van der Waals surface area contributed by atoms with E-state index in [1.807, 2.05) is 84.9 Å². The number of aliphatic imine (C=N–C) groups is 1. The largest absolute Gasteiger partial charge is 0.497 e. The van der Waals surface area contributed by atoms with Gasteiger partial charge in [-0.05, 0) is 78.1 Å². The van der Waals surface area contributed by atoms with Crippen LogP contribution in [0.15, 0.2) is 121 Å². The van der Waals surface area contributed by atoms with Crippen LogP contribution in [0.1, 0.15) is 82.2 Å². The smallest absolute Gasteiger partial charge is 0.306 e. The van der Waals surface area contributed by atoms with Crippen LogP contribution in [0.5, 0.6) is 17.2 Å². The van der Waals surface area contributed by atoms with Crippen molar-refractivity contribution in [3.8, 4) is 17.2 Å². The molecule has 70 heavy (non-hydrogen) atoms. The molecule has 2 unspecified atom stereocenters. The highest BCUT2D eigenvalue weighted by Gasteiger charge is 2.54. The summed E-state index contributed by atoms with van der Waals surface area (Å²) >= 11 is 0. The Morgan fingerprint density at radius 2 is 1.36 bits per heavy atom. The van der Waals surface area contributed by atoms with E-state index in [2.05, 4.69) is 49.8 Å². The number of hydrogen-bond donors (Lipinski definition) is 3. The second-order valence-corrected chi connectivity index (χ2v) is 23.4. The van der Waals surface area contributed by atoms with Gasteiger partial charge in [-0.2, -0.15) is 4.99 Å². The van der Waals surface area contributed by atoms with Gasteiger partial charge in [0.05, 0.1) is 33.6 Å². The summed E-state index contributed by atoms with van der Waals surface area (Å²) < 4.78 is 46.6. The predicted molar refractivity (Wildman–Crippen MR) is 263 cm³/mol. The van der Waals surface area contributed by atoms with E-state index in [1.54, 1.807) is 43.1 Å². The first kappa shape index (κ1) is 51.0. The molecule has 1 fully saturated rings. The van der Waals surface area contributed by atoms with Crippen LogP contribution >= 0.6 is 0 Å². The topological polar surface area (TPSA) is 199 Å². The van der Waals surface area contributed by atoms with E-state index in [0.717, 1.165) is 16.7 Å². The van der Waals surface area contributed by atoms with E-state index < -0.39 is 56.5 Å². The Bertz CT molecular complexity index is 2590. The third-order valence-corrected chi connectivity index (χ3v) is 17.1. The summed E-state index contributed by atoms with van der Waals surface area (Å²) in [4.78, 5) is 61.6. The van der Waals surface area contributed by atoms with Crippen LogP contribution in [-0.2, 0) is 43.4 Å². The molecule has 370 valence electrons. The summed E-state index contributed by atoms with van der Waals surface area (Å²) in [5, 5.41) is 8.35. The van der Waals surface area contributed by atoms with Crippen LogP contribution in [-0.4, -0.2) is 93.1 Å². The molecule has 0 radical (unpaired) electrons. The number of aromatic nitrogens is 2. The highest BCUT2D eigenvalue weighted by molar-refractivity contribution is 6.74. The number of para-hydroxylation sites is 1. The number of carbonyl (C=O) groups excluding carboxylic acids is 4. The number of ether oxygens (including phenoxy) is 6. The van der Waals surface area contributed by atoms with Gasteiger partial charge in [-0.3, -0.25) is 24.3 Å². The van der Waals surface area contributed by atoms with Gasteiger partial charge in [0, 0.05) is 13.3 Å². The summed E-state index contributed by atoms with van der Waals surface area (Å²) in [5.74, 6) is 0.346. The van der Waals surface area contributed by atoms with Crippen molar-refractivity contribution in [1.82, 2.24) is 25.5 Å². The number of nitrogens with one attached hydrogen (secondary N) is 3. The number of benzene rings is 4. The zero-order chi connectivity index (χ0) is 50.2. The number of carbonyl (C=O) groups is 4. The highest BCUT2D eigenvalue weighted by Crippen LogP contribution is 2.47. The van der Waals surface area contributed by atoms with Crippen molar-refractivity contribution in [2.45, 2.75) is 102 Å². The third-order valence-electron chi connectivity index (χ3n) is 12.7. The molecule has 2 amide bonds. The predicted octanol–water partition coefficient (Wildman–Crippen LogP) is 7.40. The first-order chi connectivity index (χ1) is 33.4. The van der Waals surface area contributed by atoms with Crippen molar-refractivity contribution in [2.24, 2.45) is 4.99 Å². The Labute approximate surface area is 409 Å². The lowest BCUT2D eigenvalue weighted by molar-refractivity contribution is -0.159. The van der Waals surface area contributed by atoms with Crippen molar-refractivity contribution in [2.75, 3.05) is 27.4 Å². The maximum Gasteiger partial charge on any atom is 0.306 e. The quantitative estimate of drug-likeness (QED) is 0.0421. The number of methoxy groups -OCH3 is 2. The molecule has 1 saturated heterocycles. The molecule has 7 rings (SSSR count). The first-order valence-corrected chi connectivity index (χ1v) is 26.0. The molecule has 0 aliphatic carbocycles. The van der Waals surface area contributed by atoms with Crippen molar-refractivity contribution >= 4 is 43.7 Å². The number of esters is 1. The van der Waals surface area contributed by atoms with E-state index in [-0.39, 0.29) is 54.6 Å². The van der Waals surface area contributed by atoms with Crippen molar-refractivity contribution in [1.29, 1.82) is 0 Å². The zero-order valence-corrected chi connectivity index (χ0v) is 42.0. The van der Waals surface area contributed by atoms with Crippen LogP contribution in [0.25, 0.3) is 0 Å². The average Bonchev–Trinajstić information content (AvgIpc) is 3.91. The molecule has 0 spiro atoms. The Hall–Kier alpha value is -6.86. The maximum atomic E-state index is 13.9. The molecule has 5 aromatic rings. The van der Waals surface area contributed by atoms with Gasteiger partial charge in [-0.15, -0.1) is 0 Å². The van der Waals surface area contributed by atoms with E-state index >= 15 is 0 Å². The fraction of sp³-hybridized carbons (Fsp3) is 0.385. The van der Waals surface area contributed by atoms with Crippen LogP contribution in [0.4, 0.5) is 5.82 Å². The van der Waals surface area contributed by atoms with Gasteiger partial charge in [-0.1, -0.05) is 93.6 Å². The average molecular weight is 975 g/mol. The lowest BCUT2D eigenvalue weighted by Crippen LogP contribution is -2.51. The van der Waals surface area contributed by atoms with Gasteiger partial charge < -0.3 is 48.3 Å². The normalized spacial score (nSPS) is 18.9. The maximum absolute atomic E-state index is 13.9. The number of nitrogens with zero attached hydrogens (tertiary/aromatic N) is 3. The van der Waals surface area contributed by atoms with Gasteiger partial charge in [0.25, 0.3) is 5.91 Å². The lowest BCUT2D eigenvalue weighted by atomic mass is 9.80. The summed E-state index contributed by atoms with van der Waals surface area (Å²) in [6, 6.07) is 33.9. The Morgan fingerprint density at radius 3 is 1.91 bits per heavy atom. The SMILES string of the molecule is COc1ccc(C(OC[C@H]2O[C@@H](n3cnc4c3N=C(NC(=O)COc3ccccc3)NC4NC(C)=O)C(O[Si](C)(C)C(C)(C)C)[C@H]2OC(=O)CCC(C)=O)(c2ccccc2)c2ccc(OC)cc2)cc1. The number of rotatable bonds is 19. The number of guanidine groups is 1. The molecule has 2 aliphatic rings.